The molecule has 6 heteroatoms. The van der Waals surface area contributed by atoms with E-state index in [0.29, 0.717) is 0 Å². The first-order valence-electron chi connectivity index (χ1n) is 21.6. The first kappa shape index (κ1) is 35.3. The molecule has 0 saturated heterocycles. The van der Waals surface area contributed by atoms with Crippen molar-refractivity contribution in [3.63, 3.8) is 0 Å². The Kier molecular flexibility index (Phi) is 7.49. The molecule has 0 unspecified atom stereocenters. The van der Waals surface area contributed by atoms with E-state index in [1.807, 2.05) is 24.7 Å². The zero-order valence-corrected chi connectivity index (χ0v) is 35.2. The third-order valence-corrected chi connectivity index (χ3v) is 14.3. The van der Waals surface area contributed by atoms with Gasteiger partial charge in [0.05, 0.1) is 43.3 Å². The summed E-state index contributed by atoms with van der Waals surface area (Å²) in [6.07, 6.45) is 5.77. The van der Waals surface area contributed by atoms with Gasteiger partial charge in [-0.05, 0) is 125 Å². The third-order valence-electron chi connectivity index (χ3n) is 13.2. The Labute approximate surface area is 371 Å². The van der Waals surface area contributed by atoms with Crippen LogP contribution < -0.4 is 0 Å². The Bertz CT molecular complexity index is 4190. The molecule has 14 aromatic rings. The van der Waals surface area contributed by atoms with Gasteiger partial charge in [-0.15, -0.1) is 11.3 Å². The van der Waals surface area contributed by atoms with Crippen LogP contribution in [0.15, 0.2) is 213 Å². The van der Waals surface area contributed by atoms with Gasteiger partial charge in [0.2, 0.25) is 0 Å². The van der Waals surface area contributed by atoms with Crippen molar-refractivity contribution in [2.75, 3.05) is 0 Å². The van der Waals surface area contributed by atoms with E-state index in [0.717, 1.165) is 39.0 Å². The van der Waals surface area contributed by atoms with Crippen molar-refractivity contribution in [1.82, 2.24) is 23.7 Å². The molecule has 8 aromatic carbocycles. The highest BCUT2D eigenvalue weighted by molar-refractivity contribution is 7.25. The van der Waals surface area contributed by atoms with Gasteiger partial charge >= 0.3 is 0 Å². The summed E-state index contributed by atoms with van der Waals surface area (Å²) in [5.41, 5.74) is 16.3. The van der Waals surface area contributed by atoms with Gasteiger partial charge in [0, 0.05) is 78.1 Å². The van der Waals surface area contributed by atoms with E-state index in [2.05, 4.69) is 207 Å². The van der Waals surface area contributed by atoms with Crippen molar-refractivity contribution >= 4 is 97.1 Å². The number of nitrogens with zero attached hydrogens (tertiary/aromatic N) is 5. The Morgan fingerprint density at radius 1 is 0.312 bits per heavy atom. The molecule has 6 aromatic heterocycles. The van der Waals surface area contributed by atoms with Crippen molar-refractivity contribution in [3.05, 3.63) is 213 Å². The molecule has 0 aliphatic rings. The molecular formula is C58H35N5S. The van der Waals surface area contributed by atoms with E-state index in [4.69, 9.17) is 4.98 Å². The Morgan fingerprint density at radius 3 is 1.50 bits per heavy atom. The molecule has 0 amide bonds. The van der Waals surface area contributed by atoms with Crippen LogP contribution in [0.25, 0.3) is 125 Å². The average molecular weight is 834 g/mol. The zero-order chi connectivity index (χ0) is 41.9. The summed E-state index contributed by atoms with van der Waals surface area (Å²) in [4.78, 5) is 9.30. The molecule has 5 nitrogen and oxygen atoms in total. The first-order chi connectivity index (χ1) is 31.7. The summed E-state index contributed by atoms with van der Waals surface area (Å²) < 4.78 is 9.62. The van der Waals surface area contributed by atoms with E-state index in [9.17, 15) is 0 Å². The maximum Gasteiger partial charge on any atom is 0.0889 e. The molecule has 14 rings (SSSR count). The molecule has 64 heavy (non-hydrogen) atoms. The molecule has 0 spiro atoms. The number of hydrogen-bond acceptors (Lipinski definition) is 3. The lowest BCUT2D eigenvalue weighted by atomic mass is 9.98. The molecule has 6 heterocycles. The van der Waals surface area contributed by atoms with E-state index in [1.165, 1.54) is 86.0 Å². The summed E-state index contributed by atoms with van der Waals surface area (Å²) in [5.74, 6) is 0. The van der Waals surface area contributed by atoms with Crippen LogP contribution in [-0.4, -0.2) is 23.7 Å². The molecule has 0 bridgehead atoms. The summed E-state index contributed by atoms with van der Waals surface area (Å²) in [6.45, 7) is 0. The van der Waals surface area contributed by atoms with Gasteiger partial charge in [0.15, 0.2) is 0 Å². The fourth-order valence-corrected chi connectivity index (χ4v) is 11.3. The lowest BCUT2D eigenvalue weighted by molar-refractivity contribution is 1.16. The molecule has 0 fully saturated rings. The fraction of sp³-hybridized carbons (Fsp3) is 0. The van der Waals surface area contributed by atoms with Crippen molar-refractivity contribution in [2.24, 2.45) is 0 Å². The minimum Gasteiger partial charge on any atom is -0.309 e. The number of rotatable bonds is 5. The number of pyridine rings is 2. The maximum absolute atomic E-state index is 4.75. The lowest BCUT2D eigenvalue weighted by Crippen LogP contribution is -1.95. The molecular weight excluding hydrogens is 799 g/mol. The summed E-state index contributed by atoms with van der Waals surface area (Å²) in [6, 6.07) is 70.9. The van der Waals surface area contributed by atoms with Gasteiger partial charge in [0.25, 0.3) is 0 Å². The second-order valence-electron chi connectivity index (χ2n) is 16.6. The fourth-order valence-electron chi connectivity index (χ4n) is 10.3. The third kappa shape index (κ3) is 5.17. The van der Waals surface area contributed by atoms with E-state index in [1.54, 1.807) is 11.3 Å². The largest absolute Gasteiger partial charge is 0.309 e. The average Bonchev–Trinajstić information content (AvgIpc) is 4.10. The standard InChI is InChI=1S/C58H35N5S/c1-2-9-40(10-3-1)61-54-26-22-41(33-47(54)49-35-59-30-28-55(49)61)62-50-13-6-4-11-43(50)45-31-38(20-24-52(45)62)36-16-18-37(19-17-36)39-21-25-53-46(32-39)44-12-5-7-14-51(44)63(53)42-23-27-56-48(34-42)58-57(64-56)15-8-29-60-58/h1-35H. The predicted octanol–water partition coefficient (Wildman–Crippen LogP) is 15.5. The van der Waals surface area contributed by atoms with Gasteiger partial charge in [-0.3, -0.25) is 9.97 Å². The molecule has 0 aliphatic carbocycles. The molecule has 0 N–H and O–H groups in total. The SMILES string of the molecule is c1ccc(-n2c3ccncc3c3cc(-n4c5ccccc5c5cc(-c6ccc(-c7ccc8c(c7)c7ccccc7n8-c7ccc8sc9cccnc9c8c7)cc6)ccc54)ccc32)cc1. The number of thiophene rings is 1. The normalized spacial score (nSPS) is 12.1. The topological polar surface area (TPSA) is 40.6 Å². The highest BCUT2D eigenvalue weighted by atomic mass is 32.1. The Balaban J connectivity index is 0.842. The van der Waals surface area contributed by atoms with Crippen LogP contribution in [0.1, 0.15) is 0 Å². The maximum atomic E-state index is 4.75. The van der Waals surface area contributed by atoms with Gasteiger partial charge in [-0.1, -0.05) is 91.0 Å². The van der Waals surface area contributed by atoms with E-state index in [-0.39, 0.29) is 0 Å². The van der Waals surface area contributed by atoms with E-state index >= 15 is 0 Å². The Hall–Kier alpha value is -8.32. The highest BCUT2D eigenvalue weighted by Gasteiger charge is 2.19. The smallest absolute Gasteiger partial charge is 0.0889 e. The summed E-state index contributed by atoms with van der Waals surface area (Å²) >= 11 is 1.80. The zero-order valence-electron chi connectivity index (χ0n) is 34.4. The van der Waals surface area contributed by atoms with Crippen LogP contribution in [0.2, 0.25) is 0 Å². The van der Waals surface area contributed by atoms with Crippen LogP contribution >= 0.6 is 11.3 Å². The van der Waals surface area contributed by atoms with E-state index < -0.39 is 0 Å². The van der Waals surface area contributed by atoms with Crippen molar-refractivity contribution in [3.8, 4) is 39.3 Å². The number of aromatic nitrogens is 5. The van der Waals surface area contributed by atoms with Crippen LogP contribution in [0.4, 0.5) is 0 Å². The molecule has 0 atom stereocenters. The first-order valence-corrected chi connectivity index (χ1v) is 22.4. The molecule has 298 valence electrons. The number of hydrogen-bond donors (Lipinski definition) is 0. The van der Waals surface area contributed by atoms with Crippen molar-refractivity contribution in [1.29, 1.82) is 0 Å². The van der Waals surface area contributed by atoms with Crippen molar-refractivity contribution < 1.29 is 0 Å². The van der Waals surface area contributed by atoms with Gasteiger partial charge in [-0.2, -0.15) is 0 Å². The van der Waals surface area contributed by atoms with Crippen LogP contribution in [0, 0.1) is 0 Å². The van der Waals surface area contributed by atoms with Crippen molar-refractivity contribution in [2.45, 2.75) is 0 Å². The molecule has 0 radical (unpaired) electrons. The second-order valence-corrected chi connectivity index (χ2v) is 17.7. The van der Waals surface area contributed by atoms with Crippen LogP contribution in [0.5, 0.6) is 0 Å². The summed E-state index contributed by atoms with van der Waals surface area (Å²) in [5, 5.41) is 8.47. The monoisotopic (exact) mass is 833 g/mol. The second kappa shape index (κ2) is 13.6. The quantitative estimate of drug-likeness (QED) is 0.173. The number of fused-ring (bicyclic) bond motifs is 12. The molecule has 0 saturated carbocycles. The van der Waals surface area contributed by atoms with Gasteiger partial charge < -0.3 is 13.7 Å². The number of benzene rings is 8. The minimum atomic E-state index is 1.07. The predicted molar refractivity (Wildman–Crippen MR) is 269 cm³/mol. The lowest BCUT2D eigenvalue weighted by Gasteiger charge is -2.11. The van der Waals surface area contributed by atoms with Gasteiger partial charge in [0.1, 0.15) is 0 Å². The highest BCUT2D eigenvalue weighted by Crippen LogP contribution is 2.41. The molecule has 0 aliphatic heterocycles. The minimum absolute atomic E-state index is 1.07. The Morgan fingerprint density at radius 2 is 0.828 bits per heavy atom. The van der Waals surface area contributed by atoms with Crippen LogP contribution in [-0.2, 0) is 0 Å². The van der Waals surface area contributed by atoms with Gasteiger partial charge in [-0.25, -0.2) is 0 Å². The number of para-hydroxylation sites is 3. The summed E-state index contributed by atoms with van der Waals surface area (Å²) in [7, 11) is 0. The van der Waals surface area contributed by atoms with Crippen LogP contribution in [0.3, 0.4) is 0 Å².